The van der Waals surface area contributed by atoms with Crippen LogP contribution in [0, 0.1) is 0 Å². The van der Waals surface area contributed by atoms with E-state index in [4.69, 9.17) is 34.8 Å². The van der Waals surface area contributed by atoms with E-state index in [-0.39, 0.29) is 0 Å². The zero-order chi connectivity index (χ0) is 10.6. The molecule has 0 aromatic heterocycles. The van der Waals surface area contributed by atoms with Crippen LogP contribution in [0.25, 0.3) is 0 Å². The highest BCUT2D eigenvalue weighted by Crippen LogP contribution is 2.35. The fourth-order valence-corrected chi connectivity index (χ4v) is 4.13. The van der Waals surface area contributed by atoms with Gasteiger partial charge in [-0.1, -0.05) is 65.1 Å². The molecule has 0 spiro atoms. The Balaban J connectivity index is 2.46. The van der Waals surface area contributed by atoms with E-state index in [0.717, 1.165) is 16.7 Å². The molecule has 0 aliphatic carbocycles. The van der Waals surface area contributed by atoms with Crippen LogP contribution in [0.1, 0.15) is 12.0 Å². The third kappa shape index (κ3) is 5.25. The third-order valence-electron chi connectivity index (χ3n) is 2.01. The summed E-state index contributed by atoms with van der Waals surface area (Å²) in [5, 5.41) is 0. The molecule has 0 aliphatic rings. The van der Waals surface area contributed by atoms with Crippen molar-refractivity contribution in [2.75, 3.05) is 0 Å². The highest BCUT2D eigenvalue weighted by atomic mass is 35.6. The van der Waals surface area contributed by atoms with Crippen LogP contribution in [-0.4, -0.2) is 14.0 Å². The van der Waals surface area contributed by atoms with Crippen LogP contribution in [0.15, 0.2) is 30.3 Å². The minimum atomic E-state index is -1.10. The summed E-state index contributed by atoms with van der Waals surface area (Å²) >= 11 is 17.2. The highest BCUT2D eigenvalue weighted by molar-refractivity contribution is 6.67. The fraction of sp³-hybridized carbons (Fsp3) is 0.400. The summed E-state index contributed by atoms with van der Waals surface area (Å²) in [6.45, 7) is 0. The fourth-order valence-electron chi connectivity index (χ4n) is 1.48. The van der Waals surface area contributed by atoms with E-state index in [1.165, 1.54) is 5.56 Å². The van der Waals surface area contributed by atoms with Crippen LogP contribution in [0.2, 0.25) is 5.54 Å². The summed E-state index contributed by atoms with van der Waals surface area (Å²) < 4.78 is -1.10. The van der Waals surface area contributed by atoms with Crippen LogP contribution in [0.5, 0.6) is 0 Å². The molecule has 0 heterocycles. The Labute approximate surface area is 103 Å². The maximum atomic E-state index is 5.75. The van der Waals surface area contributed by atoms with Crippen LogP contribution in [0.4, 0.5) is 0 Å². The lowest BCUT2D eigenvalue weighted by molar-refractivity contribution is 0.749. The summed E-state index contributed by atoms with van der Waals surface area (Å²) in [5.74, 6) is 0. The molecule has 4 heteroatoms. The SMILES string of the molecule is [SiH3]C(Cc1ccccc1)CC(Cl)(Cl)Cl. The predicted octanol–water partition coefficient (Wildman–Crippen LogP) is 3.14. The lowest BCUT2D eigenvalue weighted by atomic mass is 10.1. The maximum Gasteiger partial charge on any atom is 0.190 e. The molecule has 1 unspecified atom stereocenters. The molecule has 0 fully saturated rings. The predicted molar refractivity (Wildman–Crippen MR) is 68.7 cm³/mol. The summed E-state index contributed by atoms with van der Waals surface area (Å²) in [5.41, 5.74) is 1.84. The van der Waals surface area contributed by atoms with Gasteiger partial charge in [-0.25, -0.2) is 0 Å². The number of halogens is 3. The van der Waals surface area contributed by atoms with Crippen molar-refractivity contribution in [3.05, 3.63) is 35.9 Å². The molecule has 78 valence electrons. The Bertz CT molecular complexity index is 268. The van der Waals surface area contributed by atoms with Crippen molar-refractivity contribution in [1.29, 1.82) is 0 Å². The molecule has 0 saturated heterocycles. The average molecular weight is 268 g/mol. The standard InChI is InChI=1S/C10H13Cl3Si/c11-10(12,13)7-9(14)6-8-4-2-1-3-5-8/h1-5,9H,6-7H2,14H3. The maximum absolute atomic E-state index is 5.75. The zero-order valence-electron chi connectivity index (χ0n) is 8.01. The molecular weight excluding hydrogens is 255 g/mol. The summed E-state index contributed by atoms with van der Waals surface area (Å²) in [7, 11) is 1.05. The largest absolute Gasteiger partial charge is 0.190 e. The van der Waals surface area contributed by atoms with E-state index in [0.29, 0.717) is 12.0 Å². The van der Waals surface area contributed by atoms with Gasteiger partial charge in [-0.2, -0.15) is 0 Å². The van der Waals surface area contributed by atoms with Crippen LogP contribution < -0.4 is 0 Å². The zero-order valence-corrected chi connectivity index (χ0v) is 12.3. The Morgan fingerprint density at radius 2 is 1.71 bits per heavy atom. The van der Waals surface area contributed by atoms with Crippen LogP contribution in [-0.2, 0) is 6.42 Å². The van der Waals surface area contributed by atoms with Crippen LogP contribution >= 0.6 is 34.8 Å². The quantitative estimate of drug-likeness (QED) is 0.583. The van der Waals surface area contributed by atoms with Crippen LogP contribution in [0.3, 0.4) is 0 Å². The van der Waals surface area contributed by atoms with Gasteiger partial charge in [0.25, 0.3) is 0 Å². The number of alkyl halides is 3. The monoisotopic (exact) mass is 266 g/mol. The number of benzene rings is 1. The molecule has 0 aliphatic heterocycles. The second kappa shape index (κ2) is 5.41. The Morgan fingerprint density at radius 3 is 2.21 bits per heavy atom. The van der Waals surface area contributed by atoms with Gasteiger partial charge < -0.3 is 0 Å². The first-order valence-corrected chi connectivity index (χ1v) is 6.87. The van der Waals surface area contributed by atoms with Gasteiger partial charge in [0.1, 0.15) is 0 Å². The molecule has 0 nitrogen and oxygen atoms in total. The van der Waals surface area contributed by atoms with Gasteiger partial charge in [-0.05, 0) is 23.9 Å². The number of hydrogen-bond donors (Lipinski definition) is 0. The summed E-state index contributed by atoms with van der Waals surface area (Å²) in [4.78, 5) is 0. The normalized spacial score (nSPS) is 14.2. The lowest BCUT2D eigenvalue weighted by Crippen LogP contribution is -2.09. The van der Waals surface area contributed by atoms with Gasteiger partial charge in [0.2, 0.25) is 0 Å². The first kappa shape index (κ1) is 12.4. The highest BCUT2D eigenvalue weighted by Gasteiger charge is 2.22. The molecule has 1 aromatic carbocycles. The topological polar surface area (TPSA) is 0 Å². The molecule has 0 radical (unpaired) electrons. The lowest BCUT2D eigenvalue weighted by Gasteiger charge is -2.17. The van der Waals surface area contributed by atoms with Crippen molar-refractivity contribution >= 4 is 45.0 Å². The Hall–Kier alpha value is 0.307. The van der Waals surface area contributed by atoms with E-state index < -0.39 is 3.79 Å². The third-order valence-corrected chi connectivity index (χ3v) is 3.29. The minimum Gasteiger partial charge on any atom is -0.0837 e. The average Bonchev–Trinajstić information content (AvgIpc) is 2.02. The van der Waals surface area contributed by atoms with Gasteiger partial charge in [0.05, 0.1) is 0 Å². The van der Waals surface area contributed by atoms with Crippen molar-refractivity contribution in [2.24, 2.45) is 0 Å². The van der Waals surface area contributed by atoms with Crippen molar-refractivity contribution < 1.29 is 0 Å². The molecule has 14 heavy (non-hydrogen) atoms. The van der Waals surface area contributed by atoms with Crippen molar-refractivity contribution in [2.45, 2.75) is 22.2 Å². The Morgan fingerprint density at radius 1 is 1.14 bits per heavy atom. The van der Waals surface area contributed by atoms with Gasteiger partial charge >= 0.3 is 0 Å². The molecular formula is C10H13Cl3Si. The van der Waals surface area contributed by atoms with Gasteiger partial charge in [0, 0.05) is 10.2 Å². The second-order valence-electron chi connectivity index (χ2n) is 3.61. The summed E-state index contributed by atoms with van der Waals surface area (Å²) in [6, 6.07) is 10.3. The van der Waals surface area contributed by atoms with Gasteiger partial charge in [0.15, 0.2) is 3.79 Å². The molecule has 0 saturated carbocycles. The Kier molecular flexibility index (Phi) is 4.78. The molecule has 0 bridgehead atoms. The van der Waals surface area contributed by atoms with E-state index in [2.05, 4.69) is 12.1 Å². The summed E-state index contributed by atoms with van der Waals surface area (Å²) in [6.07, 6.45) is 1.67. The molecule has 0 N–H and O–H groups in total. The van der Waals surface area contributed by atoms with Crippen molar-refractivity contribution in [3.8, 4) is 0 Å². The van der Waals surface area contributed by atoms with Crippen molar-refractivity contribution in [3.63, 3.8) is 0 Å². The first-order chi connectivity index (χ1) is 6.47. The molecule has 1 atom stereocenters. The van der Waals surface area contributed by atoms with E-state index in [9.17, 15) is 0 Å². The van der Waals surface area contributed by atoms with Crippen molar-refractivity contribution in [1.82, 2.24) is 0 Å². The minimum absolute atomic E-state index is 0.518. The van der Waals surface area contributed by atoms with E-state index in [1.807, 2.05) is 18.2 Å². The van der Waals surface area contributed by atoms with Gasteiger partial charge in [-0.3, -0.25) is 0 Å². The first-order valence-electron chi connectivity index (χ1n) is 4.58. The molecule has 1 rings (SSSR count). The van der Waals surface area contributed by atoms with Gasteiger partial charge in [-0.15, -0.1) is 0 Å². The number of hydrogen-bond acceptors (Lipinski definition) is 0. The van der Waals surface area contributed by atoms with E-state index >= 15 is 0 Å². The van der Waals surface area contributed by atoms with E-state index in [1.54, 1.807) is 0 Å². The number of rotatable bonds is 3. The molecule has 1 aromatic rings. The smallest absolute Gasteiger partial charge is 0.0837 e. The molecule has 0 amide bonds. The second-order valence-corrected chi connectivity index (χ2v) is 7.76.